The van der Waals surface area contributed by atoms with Crippen molar-refractivity contribution in [1.29, 1.82) is 0 Å². The summed E-state index contributed by atoms with van der Waals surface area (Å²) in [4.78, 5) is 23.9. The van der Waals surface area contributed by atoms with Gasteiger partial charge in [0.25, 0.3) is 0 Å². The van der Waals surface area contributed by atoms with E-state index in [1.54, 1.807) is 36.7 Å². The highest BCUT2D eigenvalue weighted by atomic mass is 32.1. The molecular formula is C13H18N4OS. The van der Waals surface area contributed by atoms with Crippen LogP contribution in [0.1, 0.15) is 16.9 Å². The van der Waals surface area contributed by atoms with E-state index in [9.17, 15) is 4.79 Å². The molecule has 0 bridgehead atoms. The van der Waals surface area contributed by atoms with Gasteiger partial charge in [-0.15, -0.1) is 11.3 Å². The molecule has 0 spiro atoms. The van der Waals surface area contributed by atoms with Gasteiger partial charge in [-0.25, -0.2) is 9.97 Å². The predicted octanol–water partition coefficient (Wildman–Crippen LogP) is 2.20. The molecule has 2 aromatic heterocycles. The zero-order valence-electron chi connectivity index (χ0n) is 11.6. The number of carbonyl (C=O) groups is 1. The molecule has 0 saturated carbocycles. The van der Waals surface area contributed by atoms with Crippen LogP contribution in [0.15, 0.2) is 6.33 Å². The maximum atomic E-state index is 11.5. The van der Waals surface area contributed by atoms with Crippen molar-refractivity contribution in [3.63, 3.8) is 0 Å². The number of aryl methyl sites for hydroxylation is 2. The Kier molecular flexibility index (Phi) is 3.99. The highest BCUT2D eigenvalue weighted by Gasteiger charge is 2.12. The van der Waals surface area contributed by atoms with Crippen LogP contribution >= 0.6 is 11.3 Å². The first kappa shape index (κ1) is 13.7. The van der Waals surface area contributed by atoms with Crippen LogP contribution < -0.4 is 5.32 Å². The highest BCUT2D eigenvalue weighted by Crippen LogP contribution is 2.32. The van der Waals surface area contributed by atoms with Crippen LogP contribution in [0.4, 0.5) is 5.82 Å². The maximum Gasteiger partial charge on any atom is 0.223 e. The minimum Gasteiger partial charge on any atom is -0.369 e. The molecule has 19 heavy (non-hydrogen) atoms. The number of nitrogens with one attached hydrogen (secondary N) is 1. The fourth-order valence-corrected chi connectivity index (χ4v) is 2.82. The van der Waals surface area contributed by atoms with Gasteiger partial charge in [-0.05, 0) is 19.4 Å². The molecule has 6 heteroatoms. The van der Waals surface area contributed by atoms with Crippen molar-refractivity contribution < 1.29 is 4.79 Å². The van der Waals surface area contributed by atoms with Crippen molar-refractivity contribution in [3.8, 4) is 0 Å². The monoisotopic (exact) mass is 278 g/mol. The average molecular weight is 278 g/mol. The van der Waals surface area contributed by atoms with E-state index in [2.05, 4.69) is 29.1 Å². The highest BCUT2D eigenvalue weighted by molar-refractivity contribution is 7.18. The molecule has 1 amide bonds. The fourth-order valence-electron chi connectivity index (χ4n) is 1.83. The Hall–Kier alpha value is -1.69. The summed E-state index contributed by atoms with van der Waals surface area (Å²) in [6, 6.07) is 0. The smallest absolute Gasteiger partial charge is 0.223 e. The van der Waals surface area contributed by atoms with Gasteiger partial charge in [0, 0.05) is 31.9 Å². The van der Waals surface area contributed by atoms with Gasteiger partial charge < -0.3 is 10.2 Å². The Bertz CT molecular complexity index is 606. The molecule has 0 aliphatic carbocycles. The largest absolute Gasteiger partial charge is 0.369 e. The summed E-state index contributed by atoms with van der Waals surface area (Å²) in [7, 11) is 3.52. The van der Waals surface area contributed by atoms with Gasteiger partial charge in [0.15, 0.2) is 0 Å². The third-order valence-corrected chi connectivity index (χ3v) is 4.21. The van der Waals surface area contributed by atoms with Crippen LogP contribution in [0.3, 0.4) is 0 Å². The first-order valence-electron chi connectivity index (χ1n) is 6.15. The van der Waals surface area contributed by atoms with Gasteiger partial charge in [0.2, 0.25) is 5.91 Å². The number of nitrogens with zero attached hydrogens (tertiary/aromatic N) is 3. The summed E-state index contributed by atoms with van der Waals surface area (Å²) in [6.07, 6.45) is 2.02. The Morgan fingerprint density at radius 1 is 1.37 bits per heavy atom. The van der Waals surface area contributed by atoms with Crippen LogP contribution in [0.2, 0.25) is 0 Å². The van der Waals surface area contributed by atoms with Gasteiger partial charge in [0.05, 0.1) is 5.39 Å². The van der Waals surface area contributed by atoms with Crippen molar-refractivity contribution in [3.05, 3.63) is 16.8 Å². The summed E-state index contributed by atoms with van der Waals surface area (Å²) in [6.45, 7) is 4.74. The lowest BCUT2D eigenvalue weighted by Crippen LogP contribution is -2.24. The van der Waals surface area contributed by atoms with Crippen LogP contribution in [-0.2, 0) is 4.79 Å². The van der Waals surface area contributed by atoms with Gasteiger partial charge in [-0.1, -0.05) is 0 Å². The first-order valence-corrected chi connectivity index (χ1v) is 6.97. The Morgan fingerprint density at radius 2 is 2.11 bits per heavy atom. The fraction of sp³-hybridized carbons (Fsp3) is 0.462. The van der Waals surface area contributed by atoms with E-state index in [4.69, 9.17) is 0 Å². The van der Waals surface area contributed by atoms with Crippen LogP contribution in [-0.4, -0.2) is 41.4 Å². The van der Waals surface area contributed by atoms with Crippen LogP contribution in [0, 0.1) is 13.8 Å². The lowest BCUT2D eigenvalue weighted by molar-refractivity contribution is -0.128. The third kappa shape index (κ3) is 2.84. The molecule has 1 N–H and O–H groups in total. The van der Waals surface area contributed by atoms with Gasteiger partial charge in [-0.3, -0.25) is 4.79 Å². The summed E-state index contributed by atoms with van der Waals surface area (Å²) >= 11 is 1.67. The zero-order chi connectivity index (χ0) is 14.0. The van der Waals surface area contributed by atoms with E-state index in [0.29, 0.717) is 13.0 Å². The first-order chi connectivity index (χ1) is 9.00. The summed E-state index contributed by atoms with van der Waals surface area (Å²) in [5, 5.41) is 4.31. The van der Waals surface area contributed by atoms with Gasteiger partial charge in [0.1, 0.15) is 17.0 Å². The molecule has 0 aromatic carbocycles. The Balaban J connectivity index is 2.15. The van der Waals surface area contributed by atoms with Gasteiger partial charge in [-0.2, -0.15) is 0 Å². The van der Waals surface area contributed by atoms with Crippen LogP contribution in [0.5, 0.6) is 0 Å². The Morgan fingerprint density at radius 3 is 2.79 bits per heavy atom. The molecule has 0 fully saturated rings. The summed E-state index contributed by atoms with van der Waals surface area (Å²) in [5.41, 5.74) is 1.21. The predicted molar refractivity (Wildman–Crippen MR) is 78.7 cm³/mol. The average Bonchev–Trinajstić information content (AvgIpc) is 2.66. The normalized spacial score (nSPS) is 10.7. The van der Waals surface area contributed by atoms with E-state index in [0.717, 1.165) is 16.0 Å². The molecule has 102 valence electrons. The number of hydrogen-bond donors (Lipinski definition) is 1. The van der Waals surface area contributed by atoms with Crippen molar-refractivity contribution in [2.24, 2.45) is 0 Å². The van der Waals surface area contributed by atoms with Crippen LogP contribution in [0.25, 0.3) is 10.2 Å². The van der Waals surface area contributed by atoms with Gasteiger partial charge >= 0.3 is 0 Å². The van der Waals surface area contributed by atoms with E-state index >= 15 is 0 Å². The van der Waals surface area contributed by atoms with Crippen molar-refractivity contribution >= 4 is 33.3 Å². The number of hydrogen-bond acceptors (Lipinski definition) is 5. The Labute approximate surface area is 116 Å². The lowest BCUT2D eigenvalue weighted by Gasteiger charge is -2.11. The number of anilines is 1. The number of carbonyl (C=O) groups excluding carboxylic acids is 1. The minimum absolute atomic E-state index is 0.107. The lowest BCUT2D eigenvalue weighted by atomic mass is 10.2. The second-order valence-corrected chi connectivity index (χ2v) is 5.85. The molecule has 0 aliphatic heterocycles. The topological polar surface area (TPSA) is 58.1 Å². The molecule has 0 saturated heterocycles. The number of thiophene rings is 1. The summed E-state index contributed by atoms with van der Waals surface area (Å²) < 4.78 is 0. The minimum atomic E-state index is 0.107. The molecule has 5 nitrogen and oxygen atoms in total. The number of aromatic nitrogens is 2. The third-order valence-electron chi connectivity index (χ3n) is 3.10. The van der Waals surface area contributed by atoms with Crippen molar-refractivity contribution in [2.45, 2.75) is 20.3 Å². The number of fused-ring (bicyclic) bond motifs is 1. The number of rotatable bonds is 4. The SMILES string of the molecule is Cc1sc2ncnc(NCCC(=O)N(C)C)c2c1C. The van der Waals surface area contributed by atoms with E-state index in [1.165, 1.54) is 10.4 Å². The molecule has 0 unspecified atom stereocenters. The molecule has 0 atom stereocenters. The molecule has 2 rings (SSSR count). The molecule has 2 aromatic rings. The standard InChI is InChI=1S/C13H18N4OS/c1-8-9(2)19-13-11(8)12(15-7-16-13)14-6-5-10(18)17(3)4/h7H,5-6H2,1-4H3,(H,14,15,16). The quantitative estimate of drug-likeness (QED) is 0.931. The van der Waals surface area contributed by atoms with E-state index < -0.39 is 0 Å². The summed E-state index contributed by atoms with van der Waals surface area (Å²) in [5.74, 6) is 0.925. The van der Waals surface area contributed by atoms with E-state index in [1.807, 2.05) is 0 Å². The second kappa shape index (κ2) is 5.52. The second-order valence-electron chi connectivity index (χ2n) is 4.65. The molecule has 0 radical (unpaired) electrons. The van der Waals surface area contributed by atoms with E-state index in [-0.39, 0.29) is 5.91 Å². The number of amides is 1. The maximum absolute atomic E-state index is 11.5. The van der Waals surface area contributed by atoms with Crippen molar-refractivity contribution in [1.82, 2.24) is 14.9 Å². The zero-order valence-corrected chi connectivity index (χ0v) is 12.5. The molecular weight excluding hydrogens is 260 g/mol. The molecule has 2 heterocycles. The van der Waals surface area contributed by atoms with Crippen molar-refractivity contribution in [2.75, 3.05) is 26.0 Å². The molecule has 0 aliphatic rings.